The van der Waals surface area contributed by atoms with Crippen molar-refractivity contribution < 1.29 is 34.2 Å². The number of carbonyl (C=O) groups is 3. The fourth-order valence-electron chi connectivity index (χ4n) is 5.58. The van der Waals surface area contributed by atoms with Crippen molar-refractivity contribution in [2.75, 3.05) is 46.9 Å². The van der Waals surface area contributed by atoms with E-state index in [4.69, 9.17) is 0 Å². The Bertz CT molecular complexity index is 871. The summed E-state index contributed by atoms with van der Waals surface area (Å²) in [5, 5.41) is 32.4. The molecule has 10 nitrogen and oxygen atoms in total. The first kappa shape index (κ1) is 24.5. The number of thioether (sulfide) groups is 1. The van der Waals surface area contributed by atoms with Crippen LogP contribution in [0.4, 0.5) is 0 Å². The van der Waals surface area contributed by atoms with Crippen molar-refractivity contribution in [1.29, 1.82) is 0 Å². The van der Waals surface area contributed by atoms with Gasteiger partial charge in [-0.25, -0.2) is 4.79 Å². The van der Waals surface area contributed by atoms with E-state index < -0.39 is 18.0 Å². The van der Waals surface area contributed by atoms with Crippen LogP contribution in [0.15, 0.2) is 10.6 Å². The number of hydrogen-bond donors (Lipinski definition) is 4. The number of nitrogens with one attached hydrogen (secondary N) is 1. The third-order valence-electron chi connectivity index (χ3n) is 7.83. The Kier molecular flexibility index (Phi) is 6.56. The number of β-lactam (4-membered cyclic amide) rings is 1. The van der Waals surface area contributed by atoms with Crippen molar-refractivity contribution in [3.8, 4) is 0 Å². The Balaban J connectivity index is 1.37. The summed E-state index contributed by atoms with van der Waals surface area (Å²) in [5.74, 6) is -2.13. The summed E-state index contributed by atoms with van der Waals surface area (Å²) in [6.45, 7) is 6.19. The molecule has 0 spiro atoms. The number of likely N-dealkylation sites (tertiary alicyclic amines) is 1. The van der Waals surface area contributed by atoms with Crippen LogP contribution in [0.3, 0.4) is 0 Å². The van der Waals surface area contributed by atoms with Crippen LogP contribution >= 0.6 is 11.8 Å². The van der Waals surface area contributed by atoms with Crippen LogP contribution in [-0.4, -0.2) is 124 Å². The van der Waals surface area contributed by atoms with E-state index in [2.05, 4.69) is 19.4 Å². The summed E-state index contributed by atoms with van der Waals surface area (Å²) in [6.07, 6.45) is -0.224. The fourth-order valence-corrected chi connectivity index (χ4v) is 7.06. The Labute approximate surface area is 198 Å². The second-order valence-electron chi connectivity index (χ2n) is 10.3. The summed E-state index contributed by atoms with van der Waals surface area (Å²) in [6, 6.07) is -0.304. The summed E-state index contributed by atoms with van der Waals surface area (Å²) < 4.78 is 0.685. The number of carboxylic acid groups (broad SMARTS) is 1. The van der Waals surface area contributed by atoms with Gasteiger partial charge in [0.15, 0.2) is 0 Å². The SMILES string of the molecule is C[C@@H](O)[C@H]1C(=O)N2C(C(=O)O)=C(S[C@@H]3CN[C@H](C(=O)N4CC([N+](C)(C)CCO)C4)C3)[C@H](C)[C@H]12. The van der Waals surface area contributed by atoms with E-state index in [-0.39, 0.29) is 47.4 Å². The van der Waals surface area contributed by atoms with Crippen LogP contribution in [0, 0.1) is 11.8 Å². The van der Waals surface area contributed by atoms with Crippen molar-refractivity contribution in [3.63, 3.8) is 0 Å². The lowest BCUT2D eigenvalue weighted by Gasteiger charge is -2.48. The zero-order chi connectivity index (χ0) is 24.2. The maximum atomic E-state index is 13.0. The zero-order valence-electron chi connectivity index (χ0n) is 19.6. The largest absolute Gasteiger partial charge is 0.477 e. The van der Waals surface area contributed by atoms with Gasteiger partial charge in [-0.15, -0.1) is 11.8 Å². The molecule has 2 amide bonds. The topological polar surface area (TPSA) is 130 Å². The van der Waals surface area contributed by atoms with Crippen molar-refractivity contribution in [1.82, 2.24) is 15.1 Å². The molecule has 0 aromatic heterocycles. The van der Waals surface area contributed by atoms with E-state index >= 15 is 0 Å². The number of rotatable bonds is 8. The number of aliphatic carboxylic acids is 1. The Hall–Kier alpha value is -1.66. The van der Waals surface area contributed by atoms with Crippen LogP contribution < -0.4 is 5.32 Å². The Morgan fingerprint density at radius 3 is 2.55 bits per heavy atom. The van der Waals surface area contributed by atoms with Crippen LogP contribution in [0.1, 0.15) is 20.3 Å². The number of likely N-dealkylation sites (N-methyl/N-ethyl adjacent to an activating group) is 1. The lowest BCUT2D eigenvalue weighted by atomic mass is 9.79. The number of amides is 2. The summed E-state index contributed by atoms with van der Waals surface area (Å²) >= 11 is 1.45. The summed E-state index contributed by atoms with van der Waals surface area (Å²) in [7, 11) is 4.13. The monoisotopic (exact) mass is 483 g/mol. The molecule has 0 unspecified atom stereocenters. The van der Waals surface area contributed by atoms with Gasteiger partial charge in [-0.1, -0.05) is 6.92 Å². The van der Waals surface area contributed by atoms with Gasteiger partial charge >= 0.3 is 5.97 Å². The molecule has 3 saturated heterocycles. The highest BCUT2D eigenvalue weighted by Gasteiger charge is 2.60. The van der Waals surface area contributed by atoms with E-state index in [0.717, 1.165) is 0 Å². The molecule has 0 aliphatic carbocycles. The van der Waals surface area contributed by atoms with Gasteiger partial charge in [-0.05, 0) is 13.3 Å². The van der Waals surface area contributed by atoms with Gasteiger partial charge in [-0.3, -0.25) is 9.59 Å². The number of quaternary nitrogens is 1. The number of carboxylic acids is 1. The lowest BCUT2D eigenvalue weighted by Crippen LogP contribution is -2.68. The lowest BCUT2D eigenvalue weighted by molar-refractivity contribution is -0.919. The van der Waals surface area contributed by atoms with Gasteiger partial charge in [0.1, 0.15) is 18.3 Å². The molecule has 4 heterocycles. The van der Waals surface area contributed by atoms with Gasteiger partial charge in [-0.2, -0.15) is 0 Å². The average molecular weight is 484 g/mol. The number of hydrogen-bond acceptors (Lipinski definition) is 7. The first-order chi connectivity index (χ1) is 15.5. The molecule has 0 aromatic rings. The average Bonchev–Trinajstić information content (AvgIpc) is 3.22. The van der Waals surface area contributed by atoms with Crippen LogP contribution in [0.2, 0.25) is 0 Å². The minimum Gasteiger partial charge on any atom is -0.477 e. The standard InChI is InChI=1S/C22H34N4O6S/c1-11-17-16(12(2)28)21(30)25(17)18(22(31)32)19(11)33-14-7-15(23-8-14)20(29)24-9-13(10-24)26(3,4)5-6-27/h11-17,23,27-28H,5-10H2,1-4H3/p+1/t11-,12-,14+,15+,16-,17-/m1/s1. The maximum Gasteiger partial charge on any atom is 0.353 e. The second kappa shape index (κ2) is 8.84. The smallest absolute Gasteiger partial charge is 0.353 e. The molecule has 0 bridgehead atoms. The molecule has 184 valence electrons. The molecule has 33 heavy (non-hydrogen) atoms. The number of nitrogens with zero attached hydrogens (tertiary/aromatic N) is 3. The van der Waals surface area contributed by atoms with E-state index in [0.29, 0.717) is 48.0 Å². The van der Waals surface area contributed by atoms with Gasteiger partial charge in [0, 0.05) is 22.6 Å². The van der Waals surface area contributed by atoms with Crippen LogP contribution in [0.25, 0.3) is 0 Å². The molecular formula is C22H35N4O6S+. The third-order valence-corrected chi connectivity index (χ3v) is 9.34. The first-order valence-electron chi connectivity index (χ1n) is 11.6. The number of fused-ring (bicyclic) bond motifs is 1. The summed E-state index contributed by atoms with van der Waals surface area (Å²) in [5.41, 5.74) is 0.0312. The fraction of sp³-hybridized carbons (Fsp3) is 0.773. The number of aliphatic hydroxyl groups is 2. The van der Waals surface area contributed by atoms with E-state index in [9.17, 15) is 29.7 Å². The van der Waals surface area contributed by atoms with Crippen molar-refractivity contribution in [3.05, 3.63) is 10.6 Å². The minimum absolute atomic E-state index is 0.0308. The molecule has 4 aliphatic heterocycles. The number of carbonyl (C=O) groups excluding carboxylic acids is 2. The molecule has 0 aromatic carbocycles. The second-order valence-corrected chi connectivity index (χ2v) is 11.7. The highest BCUT2D eigenvalue weighted by molar-refractivity contribution is 8.03. The number of aliphatic hydroxyl groups excluding tert-OH is 2. The molecule has 6 atom stereocenters. The van der Waals surface area contributed by atoms with E-state index in [1.807, 2.05) is 11.8 Å². The molecule has 0 radical (unpaired) electrons. The van der Waals surface area contributed by atoms with Gasteiger partial charge in [0.25, 0.3) is 0 Å². The molecular weight excluding hydrogens is 448 g/mol. The minimum atomic E-state index is -1.13. The predicted octanol–water partition coefficient (Wildman–Crippen LogP) is -1.12. The van der Waals surface area contributed by atoms with Gasteiger partial charge < -0.3 is 34.9 Å². The summed E-state index contributed by atoms with van der Waals surface area (Å²) in [4.78, 5) is 41.3. The molecule has 4 N–H and O–H groups in total. The quantitative estimate of drug-likeness (QED) is 0.252. The molecule has 4 rings (SSSR count). The molecule has 4 aliphatic rings. The highest BCUT2D eigenvalue weighted by atomic mass is 32.2. The highest BCUT2D eigenvalue weighted by Crippen LogP contribution is 2.51. The van der Waals surface area contributed by atoms with E-state index in [1.54, 1.807) is 6.92 Å². The Morgan fingerprint density at radius 2 is 1.97 bits per heavy atom. The van der Waals surface area contributed by atoms with Crippen LogP contribution in [-0.2, 0) is 14.4 Å². The molecule has 3 fully saturated rings. The van der Waals surface area contributed by atoms with Crippen molar-refractivity contribution in [2.45, 2.75) is 49.7 Å². The van der Waals surface area contributed by atoms with Crippen LogP contribution in [0.5, 0.6) is 0 Å². The maximum absolute atomic E-state index is 13.0. The van der Waals surface area contributed by atoms with E-state index in [1.165, 1.54) is 16.7 Å². The van der Waals surface area contributed by atoms with Gasteiger partial charge in [0.2, 0.25) is 11.8 Å². The molecule has 0 saturated carbocycles. The zero-order valence-corrected chi connectivity index (χ0v) is 20.4. The normalized spacial score (nSPS) is 33.2. The van der Waals surface area contributed by atoms with Gasteiger partial charge in [0.05, 0.1) is 57.9 Å². The third kappa shape index (κ3) is 4.07. The predicted molar refractivity (Wildman–Crippen MR) is 122 cm³/mol. The Morgan fingerprint density at radius 1 is 1.30 bits per heavy atom. The van der Waals surface area contributed by atoms with Crippen molar-refractivity contribution in [2.24, 2.45) is 11.8 Å². The first-order valence-corrected chi connectivity index (χ1v) is 12.5. The molecule has 11 heteroatoms. The van der Waals surface area contributed by atoms with Crippen molar-refractivity contribution >= 4 is 29.5 Å².